The van der Waals surface area contributed by atoms with Crippen LogP contribution in [0.15, 0.2) is 34.3 Å². The van der Waals surface area contributed by atoms with E-state index in [1.807, 2.05) is 18.4 Å². The number of aryl methyl sites for hydroxylation is 1. The molecule has 0 radical (unpaired) electrons. The molecule has 1 saturated heterocycles. The van der Waals surface area contributed by atoms with Gasteiger partial charge in [0.25, 0.3) is 5.91 Å². The largest absolute Gasteiger partial charge is 0.467 e. The first kappa shape index (κ1) is 20.8. The number of carbonyl (C=O) groups excluding carboxylic acids is 2. The van der Waals surface area contributed by atoms with Gasteiger partial charge in [-0.25, -0.2) is 9.69 Å². The summed E-state index contributed by atoms with van der Waals surface area (Å²) in [5.74, 6) is 0.286. The Morgan fingerprint density at radius 2 is 1.96 bits per heavy atom. The smallest absolute Gasteiger partial charge is 0.330 e. The molecule has 3 heterocycles. The lowest BCUT2D eigenvalue weighted by atomic mass is 9.96. The highest BCUT2D eigenvalue weighted by atomic mass is 32.1. The quantitative estimate of drug-likeness (QED) is 0.458. The van der Waals surface area contributed by atoms with E-state index < -0.39 is 26.5 Å². The summed E-state index contributed by atoms with van der Waals surface area (Å²) < 4.78 is 12.0. The van der Waals surface area contributed by atoms with Gasteiger partial charge < -0.3 is 8.84 Å². The Morgan fingerprint density at radius 3 is 2.54 bits per heavy atom. The van der Waals surface area contributed by atoms with Crippen LogP contribution >= 0.6 is 11.3 Å². The molecule has 6 nitrogen and oxygen atoms in total. The van der Waals surface area contributed by atoms with Gasteiger partial charge in [-0.15, -0.1) is 11.3 Å². The number of likely N-dealkylation sites (tertiary alicyclic amines) is 1. The summed E-state index contributed by atoms with van der Waals surface area (Å²) in [4.78, 5) is 27.1. The van der Waals surface area contributed by atoms with Crippen molar-refractivity contribution in [2.24, 2.45) is 0 Å². The van der Waals surface area contributed by atoms with Crippen molar-refractivity contribution in [2.75, 3.05) is 5.32 Å². The van der Waals surface area contributed by atoms with Gasteiger partial charge in [0.15, 0.2) is 14.4 Å². The van der Waals surface area contributed by atoms with Crippen LogP contribution < -0.4 is 5.32 Å². The van der Waals surface area contributed by atoms with Gasteiger partial charge in [-0.3, -0.25) is 10.1 Å². The molecule has 8 heteroatoms. The Balaban J connectivity index is 1.83. The van der Waals surface area contributed by atoms with Crippen LogP contribution in [0, 0.1) is 0 Å². The average Bonchev–Trinajstić information content (AvgIpc) is 3.38. The molecule has 0 saturated carbocycles. The predicted octanol–water partition coefficient (Wildman–Crippen LogP) is 5.41. The Morgan fingerprint density at radius 1 is 1.25 bits per heavy atom. The molecule has 0 aliphatic carbocycles. The lowest BCUT2D eigenvalue weighted by Gasteiger charge is -2.47. The highest BCUT2D eigenvalue weighted by Gasteiger charge is 2.56. The fourth-order valence-electron chi connectivity index (χ4n) is 3.69. The van der Waals surface area contributed by atoms with E-state index in [4.69, 9.17) is 8.84 Å². The summed E-state index contributed by atoms with van der Waals surface area (Å²) in [7, 11) is -2.01. The van der Waals surface area contributed by atoms with Gasteiger partial charge >= 0.3 is 6.03 Å². The molecule has 1 N–H and O–H groups in total. The Labute approximate surface area is 171 Å². The van der Waals surface area contributed by atoms with Gasteiger partial charge in [0.2, 0.25) is 0 Å². The van der Waals surface area contributed by atoms with Crippen molar-refractivity contribution in [1.29, 1.82) is 0 Å². The van der Waals surface area contributed by atoms with E-state index in [0.717, 1.165) is 35.1 Å². The van der Waals surface area contributed by atoms with E-state index >= 15 is 0 Å². The second-order valence-corrected chi connectivity index (χ2v) is 12.6. The minimum Gasteiger partial charge on any atom is -0.467 e. The number of anilines is 1. The molecule has 1 fully saturated rings. The Kier molecular flexibility index (Phi) is 6.42. The maximum Gasteiger partial charge on any atom is 0.330 e. The molecule has 28 heavy (non-hydrogen) atoms. The van der Waals surface area contributed by atoms with E-state index in [9.17, 15) is 9.59 Å². The SMILES string of the molecule is CCc1ccsc1NC(=O)N1C(=O)C(O[Si](CC)(CC)CC)C1c1ccco1. The summed E-state index contributed by atoms with van der Waals surface area (Å²) in [5.41, 5.74) is 1.06. The molecule has 2 unspecified atom stereocenters. The number of amides is 3. The summed E-state index contributed by atoms with van der Waals surface area (Å²) in [5, 5.41) is 5.61. The highest BCUT2D eigenvalue weighted by molar-refractivity contribution is 7.14. The van der Waals surface area contributed by atoms with Crippen LogP contribution in [0.2, 0.25) is 18.1 Å². The Bertz CT molecular complexity index is 808. The number of hydrogen-bond donors (Lipinski definition) is 1. The summed E-state index contributed by atoms with van der Waals surface area (Å²) >= 11 is 1.46. The van der Waals surface area contributed by atoms with Gasteiger partial charge in [-0.1, -0.05) is 27.7 Å². The maximum absolute atomic E-state index is 12.9. The molecule has 0 spiro atoms. The Hall–Kier alpha value is -1.90. The van der Waals surface area contributed by atoms with Crippen LogP contribution in [0.25, 0.3) is 0 Å². The van der Waals surface area contributed by atoms with E-state index in [2.05, 4.69) is 26.1 Å². The zero-order chi connectivity index (χ0) is 20.3. The molecule has 1 aliphatic heterocycles. The van der Waals surface area contributed by atoms with Crippen LogP contribution in [0.3, 0.4) is 0 Å². The fraction of sp³-hybridized carbons (Fsp3) is 0.500. The number of β-lactam (4-membered cyclic amide) rings is 1. The van der Waals surface area contributed by atoms with E-state index in [1.165, 1.54) is 16.2 Å². The molecule has 2 aromatic rings. The number of rotatable bonds is 8. The minimum atomic E-state index is -2.01. The maximum atomic E-state index is 12.9. The number of furan rings is 1. The number of nitrogens with one attached hydrogen (secondary N) is 1. The molecular formula is C20H28N2O4SSi. The van der Waals surface area contributed by atoms with Crippen molar-refractivity contribution in [3.8, 4) is 0 Å². The predicted molar refractivity (Wildman–Crippen MR) is 113 cm³/mol. The minimum absolute atomic E-state index is 0.291. The first-order valence-corrected chi connectivity index (χ1v) is 13.3. The van der Waals surface area contributed by atoms with Crippen LogP contribution in [0.1, 0.15) is 45.1 Å². The number of carbonyl (C=O) groups is 2. The zero-order valence-corrected chi connectivity index (χ0v) is 18.7. The zero-order valence-electron chi connectivity index (χ0n) is 16.9. The molecule has 2 aromatic heterocycles. The topological polar surface area (TPSA) is 71.8 Å². The number of imide groups is 1. The molecule has 1 aliphatic rings. The summed E-state index contributed by atoms with van der Waals surface area (Å²) in [6, 6.07) is 7.41. The first-order chi connectivity index (χ1) is 13.5. The number of nitrogens with zero attached hydrogens (tertiary/aromatic N) is 1. The van der Waals surface area contributed by atoms with E-state index in [0.29, 0.717) is 5.76 Å². The van der Waals surface area contributed by atoms with Crippen molar-refractivity contribution in [2.45, 2.75) is 64.4 Å². The molecule has 0 bridgehead atoms. The van der Waals surface area contributed by atoms with Crippen LogP contribution in [-0.4, -0.2) is 31.3 Å². The molecule has 3 rings (SSSR count). The average molecular weight is 421 g/mol. The second-order valence-electron chi connectivity index (χ2n) is 7.01. The van der Waals surface area contributed by atoms with E-state index in [-0.39, 0.29) is 5.91 Å². The summed E-state index contributed by atoms with van der Waals surface area (Å²) in [6.07, 6.45) is 1.72. The van der Waals surface area contributed by atoms with Crippen molar-refractivity contribution in [3.05, 3.63) is 41.2 Å². The third-order valence-corrected chi connectivity index (χ3v) is 11.2. The van der Waals surface area contributed by atoms with Crippen molar-refractivity contribution >= 4 is 36.6 Å². The normalized spacial score (nSPS) is 19.6. The number of urea groups is 1. The van der Waals surface area contributed by atoms with Crippen molar-refractivity contribution < 1.29 is 18.4 Å². The summed E-state index contributed by atoms with van der Waals surface area (Å²) in [6.45, 7) is 8.40. The van der Waals surface area contributed by atoms with Gasteiger partial charge in [0.05, 0.1) is 11.3 Å². The molecule has 2 atom stereocenters. The highest BCUT2D eigenvalue weighted by Crippen LogP contribution is 2.41. The third kappa shape index (κ3) is 3.68. The van der Waals surface area contributed by atoms with E-state index in [1.54, 1.807) is 18.4 Å². The van der Waals surface area contributed by atoms with Crippen LogP contribution in [0.5, 0.6) is 0 Å². The van der Waals surface area contributed by atoms with Gasteiger partial charge in [-0.05, 0) is 53.7 Å². The first-order valence-electron chi connectivity index (χ1n) is 9.91. The van der Waals surface area contributed by atoms with Crippen molar-refractivity contribution in [3.63, 3.8) is 0 Å². The van der Waals surface area contributed by atoms with Gasteiger partial charge in [0.1, 0.15) is 11.8 Å². The molecule has 3 amide bonds. The van der Waals surface area contributed by atoms with Crippen LogP contribution in [0.4, 0.5) is 9.80 Å². The van der Waals surface area contributed by atoms with Gasteiger partial charge in [0, 0.05) is 0 Å². The third-order valence-electron chi connectivity index (χ3n) is 5.76. The lowest BCUT2D eigenvalue weighted by Crippen LogP contribution is -2.65. The van der Waals surface area contributed by atoms with Crippen LogP contribution in [-0.2, 0) is 15.6 Å². The standard InChI is InChI=1S/C20H28N2O4SSi/c1-5-14-11-13-27-18(14)21-20(24)22-16(15-10-9-12-25-15)17(19(22)23)26-28(6-2,7-3)8-4/h9-13,16-17H,5-8H2,1-4H3,(H,21,24). The van der Waals surface area contributed by atoms with Crippen molar-refractivity contribution in [1.82, 2.24) is 4.90 Å². The number of hydrogen-bond acceptors (Lipinski definition) is 5. The number of thiophene rings is 1. The molecule has 0 aromatic carbocycles. The monoisotopic (exact) mass is 420 g/mol. The molecule has 152 valence electrons. The fourth-order valence-corrected chi connectivity index (χ4v) is 7.34. The lowest BCUT2D eigenvalue weighted by molar-refractivity contribution is -0.159. The van der Waals surface area contributed by atoms with Gasteiger partial charge in [-0.2, -0.15) is 0 Å². The second kappa shape index (κ2) is 8.63. The molecular weight excluding hydrogens is 392 g/mol.